The van der Waals surface area contributed by atoms with Crippen LogP contribution in [0, 0.1) is 6.92 Å². The summed E-state index contributed by atoms with van der Waals surface area (Å²) in [6.07, 6.45) is -6.23. The lowest BCUT2D eigenvalue weighted by Crippen LogP contribution is -2.12. The first-order valence-corrected chi connectivity index (χ1v) is 8.92. The van der Waals surface area contributed by atoms with Crippen molar-refractivity contribution in [3.63, 3.8) is 0 Å². The molecule has 0 aliphatic carbocycles. The molecule has 0 aliphatic rings. The topological polar surface area (TPSA) is 60.1 Å². The van der Waals surface area contributed by atoms with Gasteiger partial charge in [0, 0.05) is 10.7 Å². The zero-order chi connectivity index (χ0) is 21.3. The summed E-state index contributed by atoms with van der Waals surface area (Å²) in [4.78, 5) is 12.4. The van der Waals surface area contributed by atoms with E-state index in [-0.39, 0.29) is 11.5 Å². The van der Waals surface area contributed by atoms with Crippen LogP contribution in [0.25, 0.3) is 0 Å². The Bertz CT molecular complexity index is 1050. The van der Waals surface area contributed by atoms with E-state index in [1.165, 1.54) is 12.1 Å². The molecule has 0 bridgehead atoms. The lowest BCUT2D eigenvalue weighted by molar-refractivity contribution is 0.0994. The monoisotopic (exact) mass is 449 g/mol. The molecule has 2 aromatic heterocycles. The van der Waals surface area contributed by atoms with Crippen LogP contribution < -0.4 is 5.32 Å². The third kappa shape index (κ3) is 4.40. The smallest absolute Gasteiger partial charge is 0.291 e. The molecule has 0 spiro atoms. The number of carbonyl (C=O) groups is 1. The van der Waals surface area contributed by atoms with Gasteiger partial charge in [-0.1, -0.05) is 29.3 Å². The maximum atomic E-state index is 13.2. The third-order valence-corrected chi connectivity index (χ3v) is 4.87. The molecule has 0 aliphatic heterocycles. The molecule has 0 saturated carbocycles. The number of anilines is 1. The van der Waals surface area contributed by atoms with Crippen molar-refractivity contribution in [2.75, 3.05) is 5.32 Å². The van der Waals surface area contributed by atoms with E-state index in [4.69, 9.17) is 27.6 Å². The van der Waals surface area contributed by atoms with Crippen LogP contribution in [0.4, 0.5) is 23.2 Å². The van der Waals surface area contributed by atoms with Crippen LogP contribution in [-0.2, 0) is 6.54 Å². The van der Waals surface area contributed by atoms with Gasteiger partial charge in [-0.05, 0) is 36.8 Å². The van der Waals surface area contributed by atoms with E-state index in [2.05, 4.69) is 10.4 Å². The Morgan fingerprint density at radius 3 is 2.55 bits per heavy atom. The Morgan fingerprint density at radius 1 is 1.17 bits per heavy atom. The van der Waals surface area contributed by atoms with Crippen LogP contribution in [0.1, 0.15) is 46.1 Å². The number of furan rings is 1. The van der Waals surface area contributed by atoms with E-state index in [1.54, 1.807) is 25.1 Å². The van der Waals surface area contributed by atoms with Gasteiger partial charge < -0.3 is 9.73 Å². The van der Waals surface area contributed by atoms with Crippen LogP contribution in [-0.4, -0.2) is 15.7 Å². The Hall–Kier alpha value is -2.52. The SMILES string of the molecule is Cc1c(Cl)cccc1NC(=O)c1ccc(Cn2nc(C(F)F)c(Cl)c2C(F)F)o1. The quantitative estimate of drug-likeness (QED) is 0.451. The Kier molecular flexibility index (Phi) is 6.18. The Balaban J connectivity index is 1.81. The third-order valence-electron chi connectivity index (χ3n) is 4.08. The summed E-state index contributed by atoms with van der Waals surface area (Å²) < 4.78 is 58.2. The number of amides is 1. The van der Waals surface area contributed by atoms with Gasteiger partial charge in [0.25, 0.3) is 18.8 Å². The summed E-state index contributed by atoms with van der Waals surface area (Å²) >= 11 is 11.6. The highest BCUT2D eigenvalue weighted by Crippen LogP contribution is 2.35. The number of nitrogens with one attached hydrogen (secondary N) is 1. The highest BCUT2D eigenvalue weighted by Gasteiger charge is 2.28. The molecule has 0 fully saturated rings. The molecule has 11 heteroatoms. The molecule has 3 aromatic rings. The first kappa shape index (κ1) is 21.2. The fourth-order valence-electron chi connectivity index (χ4n) is 2.60. The zero-order valence-corrected chi connectivity index (χ0v) is 16.2. The molecule has 154 valence electrons. The average molecular weight is 450 g/mol. The molecule has 0 radical (unpaired) electrons. The lowest BCUT2D eigenvalue weighted by Gasteiger charge is -2.08. The fourth-order valence-corrected chi connectivity index (χ4v) is 3.07. The average Bonchev–Trinajstić information content (AvgIpc) is 3.24. The van der Waals surface area contributed by atoms with E-state index in [9.17, 15) is 22.4 Å². The number of hydrogen-bond donors (Lipinski definition) is 1. The minimum atomic E-state index is -3.12. The van der Waals surface area contributed by atoms with E-state index < -0.39 is 41.7 Å². The summed E-state index contributed by atoms with van der Waals surface area (Å²) in [7, 11) is 0. The molecule has 0 atom stereocenters. The largest absolute Gasteiger partial charge is 0.454 e. The van der Waals surface area contributed by atoms with Crippen molar-refractivity contribution in [3.05, 3.63) is 68.8 Å². The van der Waals surface area contributed by atoms with Gasteiger partial charge in [-0.2, -0.15) is 5.10 Å². The normalized spacial score (nSPS) is 11.5. The van der Waals surface area contributed by atoms with Gasteiger partial charge in [-0.15, -0.1) is 0 Å². The number of benzene rings is 1. The molecule has 3 rings (SSSR count). The van der Waals surface area contributed by atoms with Crippen LogP contribution in [0.3, 0.4) is 0 Å². The molecule has 2 heterocycles. The van der Waals surface area contributed by atoms with Gasteiger partial charge in [0.05, 0.1) is 11.6 Å². The van der Waals surface area contributed by atoms with Crippen molar-refractivity contribution >= 4 is 34.8 Å². The first-order valence-electron chi connectivity index (χ1n) is 8.16. The van der Waals surface area contributed by atoms with Crippen molar-refractivity contribution in [2.45, 2.75) is 26.3 Å². The second-order valence-corrected chi connectivity index (χ2v) is 6.76. The number of aromatic nitrogens is 2. The molecule has 5 nitrogen and oxygen atoms in total. The fraction of sp³-hybridized carbons (Fsp3) is 0.222. The summed E-state index contributed by atoms with van der Waals surface area (Å²) in [5.74, 6) is -0.646. The molecule has 1 amide bonds. The van der Waals surface area contributed by atoms with Crippen molar-refractivity contribution in [3.8, 4) is 0 Å². The van der Waals surface area contributed by atoms with Crippen LogP contribution >= 0.6 is 23.2 Å². The minimum absolute atomic E-state index is 0.0554. The van der Waals surface area contributed by atoms with Crippen LogP contribution in [0.5, 0.6) is 0 Å². The molecular weight excluding hydrogens is 437 g/mol. The van der Waals surface area contributed by atoms with E-state index in [0.717, 1.165) is 0 Å². The zero-order valence-electron chi connectivity index (χ0n) is 14.7. The second kappa shape index (κ2) is 8.46. The minimum Gasteiger partial charge on any atom is -0.454 e. The van der Waals surface area contributed by atoms with E-state index in [0.29, 0.717) is 21.0 Å². The number of alkyl halides is 4. The first-order chi connectivity index (χ1) is 13.7. The number of nitrogens with zero attached hydrogens (tertiary/aromatic N) is 2. The van der Waals surface area contributed by atoms with E-state index >= 15 is 0 Å². The number of halogens is 6. The van der Waals surface area contributed by atoms with Crippen molar-refractivity contribution in [1.29, 1.82) is 0 Å². The summed E-state index contributed by atoms with van der Waals surface area (Å²) in [6, 6.07) is 7.65. The van der Waals surface area contributed by atoms with Gasteiger partial charge >= 0.3 is 0 Å². The van der Waals surface area contributed by atoms with Gasteiger partial charge in [-0.3, -0.25) is 9.48 Å². The Morgan fingerprint density at radius 2 is 1.90 bits per heavy atom. The highest BCUT2D eigenvalue weighted by molar-refractivity contribution is 6.32. The summed E-state index contributed by atoms with van der Waals surface area (Å²) in [5.41, 5.74) is -0.663. The number of rotatable bonds is 6. The predicted octanol–water partition coefficient (Wildman–Crippen LogP) is 6.27. The second-order valence-electron chi connectivity index (χ2n) is 5.98. The van der Waals surface area contributed by atoms with Crippen LogP contribution in [0.2, 0.25) is 10.0 Å². The molecule has 1 N–H and O–H groups in total. The maximum absolute atomic E-state index is 13.2. The molecule has 1 aromatic carbocycles. The van der Waals surface area contributed by atoms with Crippen LogP contribution in [0.15, 0.2) is 34.7 Å². The van der Waals surface area contributed by atoms with Crippen molar-refractivity contribution in [2.24, 2.45) is 0 Å². The lowest BCUT2D eigenvalue weighted by atomic mass is 10.2. The van der Waals surface area contributed by atoms with E-state index in [1.807, 2.05) is 0 Å². The van der Waals surface area contributed by atoms with Crippen molar-refractivity contribution < 1.29 is 26.8 Å². The maximum Gasteiger partial charge on any atom is 0.291 e. The molecule has 0 saturated heterocycles. The predicted molar refractivity (Wildman–Crippen MR) is 99.1 cm³/mol. The molecule has 29 heavy (non-hydrogen) atoms. The standard InChI is InChI=1S/C18H13Cl2F4N3O2/c1-8-10(19)3-2-4-11(8)25-18(28)12-6-5-9(29-12)7-27-15(17(23)24)13(20)14(26-27)16(21)22/h2-6,16-17H,7H2,1H3,(H,25,28). The Labute approximate surface area is 172 Å². The number of carbonyl (C=O) groups excluding carboxylic acids is 1. The van der Waals surface area contributed by atoms with Gasteiger partial charge in [0.15, 0.2) is 5.76 Å². The van der Waals surface area contributed by atoms with Gasteiger partial charge in [0.2, 0.25) is 0 Å². The van der Waals surface area contributed by atoms with Crippen molar-refractivity contribution in [1.82, 2.24) is 9.78 Å². The molecule has 0 unspecified atom stereocenters. The van der Waals surface area contributed by atoms with Gasteiger partial charge in [-0.25, -0.2) is 17.6 Å². The highest BCUT2D eigenvalue weighted by atomic mass is 35.5. The van der Waals surface area contributed by atoms with Gasteiger partial charge in [0.1, 0.15) is 17.1 Å². The summed E-state index contributed by atoms with van der Waals surface area (Å²) in [5, 5.41) is 5.74. The number of hydrogen-bond acceptors (Lipinski definition) is 3. The molecular formula is C18H13Cl2F4N3O2. The summed E-state index contributed by atoms with van der Waals surface area (Å²) in [6.45, 7) is 1.31.